The van der Waals surface area contributed by atoms with Crippen molar-refractivity contribution in [1.29, 1.82) is 0 Å². The highest BCUT2D eigenvalue weighted by atomic mass is 16.2. The Kier molecular flexibility index (Phi) is 3.73. The van der Waals surface area contributed by atoms with E-state index >= 15 is 0 Å². The average Bonchev–Trinajstić information content (AvgIpc) is 3.19. The molecule has 0 spiro atoms. The molecule has 2 N–H and O–H groups in total. The number of aromatic amines is 1. The van der Waals surface area contributed by atoms with Crippen LogP contribution in [0.25, 0.3) is 0 Å². The first-order chi connectivity index (χ1) is 11.1. The van der Waals surface area contributed by atoms with Crippen molar-refractivity contribution in [2.75, 3.05) is 6.54 Å². The summed E-state index contributed by atoms with van der Waals surface area (Å²) in [5.41, 5.74) is -0.0102. The van der Waals surface area contributed by atoms with Gasteiger partial charge in [-0.2, -0.15) is 0 Å². The number of Topliss-reactive ketones (excluding diaryl/α,β-unsaturated/α-hetero) is 1. The number of amides is 3. The van der Waals surface area contributed by atoms with Crippen molar-refractivity contribution in [1.82, 2.24) is 15.2 Å². The molecule has 0 aliphatic carbocycles. The average molecular weight is 311 g/mol. The van der Waals surface area contributed by atoms with E-state index < -0.39 is 17.5 Å². The second-order valence-corrected chi connectivity index (χ2v) is 5.45. The maximum atomic E-state index is 12.9. The Morgan fingerprint density at radius 2 is 1.87 bits per heavy atom. The third kappa shape index (κ3) is 2.42. The Labute approximate surface area is 133 Å². The van der Waals surface area contributed by atoms with Gasteiger partial charge in [-0.15, -0.1) is 0 Å². The van der Waals surface area contributed by atoms with Crippen molar-refractivity contribution in [3.05, 3.63) is 59.9 Å². The molecule has 0 bridgehead atoms. The van der Waals surface area contributed by atoms with Gasteiger partial charge in [0.15, 0.2) is 5.78 Å². The highest BCUT2D eigenvalue weighted by Crippen LogP contribution is 2.32. The number of carbonyl (C=O) groups excluding carboxylic acids is 3. The zero-order valence-electron chi connectivity index (χ0n) is 12.7. The van der Waals surface area contributed by atoms with Gasteiger partial charge in [-0.1, -0.05) is 37.3 Å². The topological polar surface area (TPSA) is 82.3 Å². The van der Waals surface area contributed by atoms with Crippen LogP contribution in [-0.2, 0) is 10.3 Å². The molecule has 1 aromatic carbocycles. The second kappa shape index (κ2) is 5.72. The molecule has 6 nitrogen and oxygen atoms in total. The number of benzene rings is 1. The Bertz CT molecular complexity index is 740. The van der Waals surface area contributed by atoms with Crippen LogP contribution in [0.15, 0.2) is 48.7 Å². The third-order valence-electron chi connectivity index (χ3n) is 4.17. The highest BCUT2D eigenvalue weighted by molar-refractivity contribution is 6.11. The number of hydrogen-bond acceptors (Lipinski definition) is 3. The molecule has 0 saturated carbocycles. The van der Waals surface area contributed by atoms with Crippen LogP contribution in [0.5, 0.6) is 0 Å². The summed E-state index contributed by atoms with van der Waals surface area (Å²) in [6.45, 7) is 1.56. The summed E-state index contributed by atoms with van der Waals surface area (Å²) in [7, 11) is 0. The highest BCUT2D eigenvalue weighted by Gasteiger charge is 2.51. The van der Waals surface area contributed by atoms with E-state index in [4.69, 9.17) is 0 Å². The van der Waals surface area contributed by atoms with Crippen molar-refractivity contribution in [2.45, 2.75) is 18.9 Å². The molecule has 0 unspecified atom stereocenters. The molecule has 1 aliphatic rings. The summed E-state index contributed by atoms with van der Waals surface area (Å²) < 4.78 is 0. The van der Waals surface area contributed by atoms with E-state index in [9.17, 15) is 14.4 Å². The van der Waals surface area contributed by atoms with Gasteiger partial charge in [-0.05, 0) is 24.1 Å². The molecule has 2 aromatic rings. The zero-order valence-corrected chi connectivity index (χ0v) is 12.7. The van der Waals surface area contributed by atoms with Gasteiger partial charge in [0.1, 0.15) is 5.54 Å². The smallest absolute Gasteiger partial charge is 0.325 e. The van der Waals surface area contributed by atoms with E-state index in [-0.39, 0.29) is 12.3 Å². The summed E-state index contributed by atoms with van der Waals surface area (Å²) in [6.07, 6.45) is 2.04. The second-order valence-electron chi connectivity index (χ2n) is 5.45. The maximum Gasteiger partial charge on any atom is 0.325 e. The van der Waals surface area contributed by atoms with Crippen molar-refractivity contribution >= 4 is 17.7 Å². The number of imide groups is 1. The summed E-state index contributed by atoms with van der Waals surface area (Å²) >= 11 is 0. The molecular formula is C17H17N3O3. The zero-order chi connectivity index (χ0) is 16.4. The molecule has 6 heteroatoms. The predicted octanol–water partition coefficient (Wildman–Crippen LogP) is 2.05. The van der Waals surface area contributed by atoms with Crippen LogP contribution < -0.4 is 5.32 Å². The van der Waals surface area contributed by atoms with E-state index in [1.54, 1.807) is 30.5 Å². The molecule has 3 amide bonds. The summed E-state index contributed by atoms with van der Waals surface area (Å²) in [4.78, 5) is 41.1. The Hall–Kier alpha value is -2.89. The number of ketones is 1. The van der Waals surface area contributed by atoms with E-state index in [2.05, 4.69) is 10.3 Å². The normalized spacial score (nSPS) is 20.7. The summed E-state index contributed by atoms with van der Waals surface area (Å²) in [6, 6.07) is 11.9. The van der Waals surface area contributed by atoms with Crippen LogP contribution in [-0.4, -0.2) is 34.2 Å². The van der Waals surface area contributed by atoms with Crippen molar-refractivity contribution in [3.8, 4) is 0 Å². The van der Waals surface area contributed by atoms with Crippen LogP contribution in [0.3, 0.4) is 0 Å². The van der Waals surface area contributed by atoms with Gasteiger partial charge in [0, 0.05) is 6.20 Å². The van der Waals surface area contributed by atoms with Gasteiger partial charge >= 0.3 is 6.03 Å². The number of aromatic nitrogens is 1. The monoisotopic (exact) mass is 311 g/mol. The lowest BCUT2D eigenvalue weighted by atomic mass is 9.87. The third-order valence-corrected chi connectivity index (χ3v) is 4.17. The molecule has 23 heavy (non-hydrogen) atoms. The fraction of sp³-hybridized carbons (Fsp3) is 0.235. The SMILES string of the molecule is CC[C@@]1(c2ccccc2)NC(=O)N(CC(=O)c2ccc[nH]2)C1=O. The van der Waals surface area contributed by atoms with Crippen molar-refractivity contribution in [2.24, 2.45) is 0 Å². The number of hydrogen-bond donors (Lipinski definition) is 2. The van der Waals surface area contributed by atoms with Gasteiger partial charge in [0.25, 0.3) is 5.91 Å². The minimum Gasteiger partial charge on any atom is -0.359 e. The quantitative estimate of drug-likeness (QED) is 0.655. The Morgan fingerprint density at radius 1 is 1.13 bits per heavy atom. The van der Waals surface area contributed by atoms with Gasteiger partial charge in [-0.3, -0.25) is 14.5 Å². The maximum absolute atomic E-state index is 12.9. The standard InChI is InChI=1S/C17H17N3O3/c1-2-17(12-7-4-3-5-8-12)15(22)20(16(23)19-17)11-14(21)13-9-6-10-18-13/h3-10,18H,2,11H2,1H3,(H,19,23)/t17-/m0/s1. The molecule has 1 aromatic heterocycles. The Balaban J connectivity index is 1.89. The molecule has 118 valence electrons. The van der Waals surface area contributed by atoms with Gasteiger partial charge in [0.2, 0.25) is 0 Å². The van der Waals surface area contributed by atoms with Gasteiger partial charge in [-0.25, -0.2) is 4.79 Å². The summed E-state index contributed by atoms with van der Waals surface area (Å²) in [5, 5.41) is 2.76. The van der Waals surface area contributed by atoms with Crippen LogP contribution in [0.1, 0.15) is 29.4 Å². The molecule has 0 radical (unpaired) electrons. The summed E-state index contributed by atoms with van der Waals surface area (Å²) in [5.74, 6) is -0.699. The van der Waals surface area contributed by atoms with E-state index in [0.29, 0.717) is 12.1 Å². The first-order valence-electron chi connectivity index (χ1n) is 7.44. The van der Waals surface area contributed by atoms with Crippen LogP contribution in [0.2, 0.25) is 0 Å². The van der Waals surface area contributed by atoms with Gasteiger partial charge < -0.3 is 10.3 Å². The molecule has 1 fully saturated rings. The number of rotatable bonds is 5. The lowest BCUT2D eigenvalue weighted by molar-refractivity contribution is -0.131. The predicted molar refractivity (Wildman–Crippen MR) is 83.8 cm³/mol. The number of urea groups is 1. The number of nitrogens with zero attached hydrogens (tertiary/aromatic N) is 1. The van der Waals surface area contributed by atoms with E-state index in [0.717, 1.165) is 10.5 Å². The lowest BCUT2D eigenvalue weighted by Crippen LogP contribution is -2.43. The Morgan fingerprint density at radius 3 is 2.48 bits per heavy atom. The molecular weight excluding hydrogens is 294 g/mol. The fourth-order valence-electron chi connectivity index (χ4n) is 2.86. The minimum absolute atomic E-state index is 0.278. The van der Waals surface area contributed by atoms with Gasteiger partial charge in [0.05, 0.1) is 12.2 Å². The largest absolute Gasteiger partial charge is 0.359 e. The molecule has 1 atom stereocenters. The van der Waals surface area contributed by atoms with Crippen LogP contribution >= 0.6 is 0 Å². The van der Waals surface area contributed by atoms with Crippen LogP contribution in [0.4, 0.5) is 4.79 Å². The van der Waals surface area contributed by atoms with E-state index in [1.807, 2.05) is 25.1 Å². The molecule has 3 rings (SSSR count). The first-order valence-corrected chi connectivity index (χ1v) is 7.44. The molecule has 2 heterocycles. The van der Waals surface area contributed by atoms with E-state index in [1.165, 1.54) is 0 Å². The molecule has 1 saturated heterocycles. The van der Waals surface area contributed by atoms with Crippen LogP contribution in [0, 0.1) is 0 Å². The number of H-pyrrole nitrogens is 1. The minimum atomic E-state index is -1.10. The van der Waals surface area contributed by atoms with Crippen molar-refractivity contribution < 1.29 is 14.4 Å². The number of nitrogens with one attached hydrogen (secondary N) is 2. The number of carbonyl (C=O) groups is 3. The fourth-order valence-corrected chi connectivity index (χ4v) is 2.86. The van der Waals surface area contributed by atoms with Crippen molar-refractivity contribution in [3.63, 3.8) is 0 Å². The first kappa shape index (κ1) is 15.0. The molecule has 1 aliphatic heterocycles. The lowest BCUT2D eigenvalue weighted by Gasteiger charge is -2.25.